The van der Waals surface area contributed by atoms with Crippen LogP contribution in [0.3, 0.4) is 0 Å². The van der Waals surface area contributed by atoms with Gasteiger partial charge in [-0.3, -0.25) is 4.79 Å². The average molecular weight is 488 g/mol. The number of halogens is 1. The van der Waals surface area contributed by atoms with Gasteiger partial charge in [0, 0.05) is 31.6 Å². The van der Waals surface area contributed by atoms with Crippen molar-refractivity contribution in [3.8, 4) is 0 Å². The summed E-state index contributed by atoms with van der Waals surface area (Å²) in [7, 11) is 0. The number of fused-ring (bicyclic) bond motifs is 2. The van der Waals surface area contributed by atoms with Crippen LogP contribution < -0.4 is 5.73 Å². The highest BCUT2D eigenvalue weighted by molar-refractivity contribution is 8.01. The summed E-state index contributed by atoms with van der Waals surface area (Å²) in [6.45, 7) is 4.07. The van der Waals surface area contributed by atoms with Gasteiger partial charge in [0.25, 0.3) is 0 Å². The molecule has 166 valence electrons. The van der Waals surface area contributed by atoms with Crippen molar-refractivity contribution in [2.24, 2.45) is 5.92 Å². The predicted molar refractivity (Wildman–Crippen MR) is 128 cm³/mol. The van der Waals surface area contributed by atoms with Gasteiger partial charge in [-0.1, -0.05) is 11.6 Å². The first kappa shape index (κ1) is 21.4. The van der Waals surface area contributed by atoms with E-state index in [9.17, 15) is 4.79 Å². The van der Waals surface area contributed by atoms with E-state index in [-0.39, 0.29) is 5.91 Å². The molecular formula is C21H22ClN7OS2. The summed E-state index contributed by atoms with van der Waals surface area (Å²) >= 11 is 9.24. The number of nitrogen functional groups attached to an aromatic ring is 1. The van der Waals surface area contributed by atoms with Crippen LogP contribution in [0.5, 0.6) is 0 Å². The van der Waals surface area contributed by atoms with Crippen molar-refractivity contribution in [2.75, 3.05) is 18.8 Å². The number of carbonyl (C=O) groups is 1. The standard InChI is InChI=1S/C21H22ClN7OS2/c1-12(30)28-7-4-13(5-8-28)6-9-29-19-17(18(23)24-11-25-19)27-20(29)32-21-26-15-10-14(22)2-3-16(15)31-21/h2-3,10-11,13H,4-9H2,1H3,(H2,23,24,25). The number of benzene rings is 1. The second kappa shape index (κ2) is 8.84. The molecule has 32 heavy (non-hydrogen) atoms. The van der Waals surface area contributed by atoms with Crippen molar-refractivity contribution in [3.05, 3.63) is 29.5 Å². The number of hydrogen-bond acceptors (Lipinski definition) is 8. The summed E-state index contributed by atoms with van der Waals surface area (Å²) in [4.78, 5) is 31.6. The first-order valence-corrected chi connectivity index (χ1v) is 12.4. The van der Waals surface area contributed by atoms with Crippen LogP contribution in [0.2, 0.25) is 5.02 Å². The number of anilines is 1. The minimum atomic E-state index is 0.159. The summed E-state index contributed by atoms with van der Waals surface area (Å²) < 4.78 is 4.09. The summed E-state index contributed by atoms with van der Waals surface area (Å²) in [6, 6.07) is 5.73. The fourth-order valence-electron chi connectivity index (χ4n) is 4.06. The van der Waals surface area contributed by atoms with Crippen LogP contribution in [0.25, 0.3) is 21.4 Å². The maximum atomic E-state index is 11.6. The van der Waals surface area contributed by atoms with Gasteiger partial charge in [0.2, 0.25) is 5.91 Å². The number of rotatable bonds is 5. The number of piperidine rings is 1. The fraction of sp³-hybridized carbons (Fsp3) is 0.381. The molecule has 0 atom stereocenters. The number of nitrogens with two attached hydrogens (primary N) is 1. The van der Waals surface area contributed by atoms with Crippen LogP contribution in [-0.2, 0) is 11.3 Å². The first-order chi connectivity index (χ1) is 15.5. The average Bonchev–Trinajstić information content (AvgIpc) is 3.33. The summed E-state index contributed by atoms with van der Waals surface area (Å²) in [5.41, 5.74) is 8.33. The molecule has 2 N–H and O–H groups in total. The first-order valence-electron chi connectivity index (χ1n) is 10.4. The van der Waals surface area contributed by atoms with Gasteiger partial charge < -0.3 is 15.2 Å². The Morgan fingerprint density at radius 2 is 2.09 bits per heavy atom. The molecule has 0 aliphatic carbocycles. The normalized spacial score (nSPS) is 15.1. The number of aryl methyl sites for hydroxylation is 1. The van der Waals surface area contributed by atoms with E-state index >= 15 is 0 Å². The monoisotopic (exact) mass is 487 g/mol. The minimum absolute atomic E-state index is 0.159. The lowest BCUT2D eigenvalue weighted by Crippen LogP contribution is -2.37. The van der Waals surface area contributed by atoms with Crippen LogP contribution in [0.15, 0.2) is 34.0 Å². The number of imidazole rings is 1. The Morgan fingerprint density at radius 3 is 2.88 bits per heavy atom. The quantitative estimate of drug-likeness (QED) is 0.443. The highest BCUT2D eigenvalue weighted by Crippen LogP contribution is 2.37. The third-order valence-corrected chi connectivity index (χ3v) is 8.18. The van der Waals surface area contributed by atoms with Gasteiger partial charge in [-0.25, -0.2) is 19.9 Å². The van der Waals surface area contributed by atoms with E-state index in [1.807, 2.05) is 23.1 Å². The van der Waals surface area contributed by atoms with E-state index in [1.54, 1.807) is 18.3 Å². The Morgan fingerprint density at radius 1 is 1.28 bits per heavy atom. The zero-order chi connectivity index (χ0) is 22.2. The van der Waals surface area contributed by atoms with Crippen LogP contribution in [0, 0.1) is 5.92 Å². The van der Waals surface area contributed by atoms with Crippen LogP contribution in [-0.4, -0.2) is 48.4 Å². The number of likely N-dealkylation sites (tertiary alicyclic amines) is 1. The molecule has 4 heterocycles. The molecule has 1 aliphatic rings. The molecule has 1 fully saturated rings. The number of aromatic nitrogens is 5. The predicted octanol–water partition coefficient (Wildman–Crippen LogP) is 4.47. The molecule has 4 aromatic rings. The Labute approximate surface area is 198 Å². The van der Waals surface area contributed by atoms with Crippen molar-refractivity contribution in [3.63, 3.8) is 0 Å². The Hall–Kier alpha value is -2.43. The molecule has 8 nitrogen and oxygen atoms in total. The van der Waals surface area contributed by atoms with Crippen molar-refractivity contribution >= 4 is 67.8 Å². The van der Waals surface area contributed by atoms with Gasteiger partial charge in [0.15, 0.2) is 26.5 Å². The number of amides is 1. The second-order valence-electron chi connectivity index (χ2n) is 7.91. The Kier molecular flexibility index (Phi) is 5.92. The zero-order valence-corrected chi connectivity index (χ0v) is 19.9. The highest BCUT2D eigenvalue weighted by atomic mass is 35.5. The van der Waals surface area contributed by atoms with E-state index in [1.165, 1.54) is 18.1 Å². The van der Waals surface area contributed by atoms with Gasteiger partial charge in [-0.15, -0.1) is 11.3 Å². The van der Waals surface area contributed by atoms with Gasteiger partial charge in [-0.2, -0.15) is 0 Å². The SMILES string of the molecule is CC(=O)N1CCC(CCn2c(Sc3nc4cc(Cl)ccc4s3)nc3c(N)ncnc32)CC1. The van der Waals surface area contributed by atoms with Crippen molar-refractivity contribution in [1.29, 1.82) is 0 Å². The van der Waals surface area contributed by atoms with Crippen molar-refractivity contribution in [1.82, 2.24) is 29.4 Å². The van der Waals surface area contributed by atoms with E-state index in [0.29, 0.717) is 22.3 Å². The molecule has 1 aromatic carbocycles. The highest BCUT2D eigenvalue weighted by Gasteiger charge is 2.23. The van der Waals surface area contributed by atoms with E-state index in [2.05, 4.69) is 14.5 Å². The molecule has 0 bridgehead atoms. The lowest BCUT2D eigenvalue weighted by molar-refractivity contribution is -0.130. The smallest absolute Gasteiger partial charge is 0.219 e. The molecule has 0 radical (unpaired) electrons. The molecule has 1 amide bonds. The van der Waals surface area contributed by atoms with Gasteiger partial charge >= 0.3 is 0 Å². The van der Waals surface area contributed by atoms with Crippen molar-refractivity contribution in [2.45, 2.75) is 42.2 Å². The van der Waals surface area contributed by atoms with Crippen LogP contribution >= 0.6 is 34.7 Å². The van der Waals surface area contributed by atoms with Crippen molar-refractivity contribution < 1.29 is 4.79 Å². The van der Waals surface area contributed by atoms with Crippen LogP contribution in [0.4, 0.5) is 5.82 Å². The maximum Gasteiger partial charge on any atom is 0.219 e. The number of hydrogen-bond donors (Lipinski definition) is 1. The number of carbonyl (C=O) groups excluding carboxylic acids is 1. The summed E-state index contributed by atoms with van der Waals surface area (Å²) in [6.07, 6.45) is 4.51. The minimum Gasteiger partial charge on any atom is -0.382 e. The zero-order valence-electron chi connectivity index (χ0n) is 17.5. The van der Waals surface area contributed by atoms with Gasteiger partial charge in [-0.05, 0) is 55.1 Å². The molecule has 3 aromatic heterocycles. The Bertz CT molecular complexity index is 1300. The molecule has 5 rings (SSSR count). The topological polar surface area (TPSA) is 103 Å². The third-order valence-electron chi connectivity index (χ3n) is 5.85. The van der Waals surface area contributed by atoms with Gasteiger partial charge in [0.05, 0.1) is 10.2 Å². The molecular weight excluding hydrogens is 466 g/mol. The summed E-state index contributed by atoms with van der Waals surface area (Å²) in [5.74, 6) is 1.10. The van der Waals surface area contributed by atoms with E-state index in [0.717, 1.165) is 64.3 Å². The lowest BCUT2D eigenvalue weighted by Gasteiger charge is -2.31. The molecule has 1 saturated heterocycles. The van der Waals surface area contributed by atoms with Crippen LogP contribution in [0.1, 0.15) is 26.2 Å². The number of nitrogens with zero attached hydrogens (tertiary/aromatic N) is 6. The maximum absolute atomic E-state index is 11.6. The molecule has 1 aliphatic heterocycles. The molecule has 0 unspecified atom stereocenters. The molecule has 0 saturated carbocycles. The Balaban J connectivity index is 1.40. The van der Waals surface area contributed by atoms with Gasteiger partial charge in [0.1, 0.15) is 6.33 Å². The van der Waals surface area contributed by atoms with E-state index < -0.39 is 0 Å². The third kappa shape index (κ3) is 4.26. The molecule has 11 heteroatoms. The second-order valence-corrected chi connectivity index (χ2v) is 10.6. The lowest BCUT2D eigenvalue weighted by atomic mass is 9.93. The molecule has 0 spiro atoms. The largest absolute Gasteiger partial charge is 0.382 e. The number of thiazole rings is 1. The fourth-order valence-corrected chi connectivity index (χ4v) is 6.29. The summed E-state index contributed by atoms with van der Waals surface area (Å²) in [5, 5.41) is 1.48. The van der Waals surface area contributed by atoms with E-state index in [4.69, 9.17) is 27.3 Å².